The number of rotatable bonds is 3. The molecule has 0 bridgehead atoms. The van der Waals surface area contributed by atoms with E-state index in [1.807, 2.05) is 43.1 Å². The molecule has 1 saturated heterocycles. The lowest BCUT2D eigenvalue weighted by atomic mass is 10.1. The molecule has 1 fully saturated rings. The number of hydrogen-bond acceptors (Lipinski definition) is 4. The minimum Gasteiger partial charge on any atom is -0.353 e. The minimum absolute atomic E-state index is 0.111. The highest BCUT2D eigenvalue weighted by Gasteiger charge is 2.23. The molecule has 0 radical (unpaired) electrons. The summed E-state index contributed by atoms with van der Waals surface area (Å²) in [7, 11) is 0. The molecule has 29 heavy (non-hydrogen) atoms. The van der Waals surface area contributed by atoms with Gasteiger partial charge in [-0.15, -0.1) is 0 Å². The second kappa shape index (κ2) is 8.03. The van der Waals surface area contributed by atoms with Crippen LogP contribution < -0.4 is 4.90 Å². The van der Waals surface area contributed by atoms with E-state index in [4.69, 9.17) is 4.98 Å². The van der Waals surface area contributed by atoms with Crippen LogP contribution in [0.2, 0.25) is 0 Å². The summed E-state index contributed by atoms with van der Waals surface area (Å²) < 4.78 is 0. The van der Waals surface area contributed by atoms with Crippen LogP contribution in [0.5, 0.6) is 0 Å². The Morgan fingerprint density at radius 3 is 2.14 bits per heavy atom. The van der Waals surface area contributed by atoms with Crippen molar-refractivity contribution in [2.24, 2.45) is 0 Å². The molecule has 1 amide bonds. The molecule has 1 aliphatic heterocycles. The first-order valence-electron chi connectivity index (χ1n) is 10.0. The molecular weight excluding hydrogens is 360 g/mol. The van der Waals surface area contributed by atoms with Gasteiger partial charge in [-0.05, 0) is 39.0 Å². The van der Waals surface area contributed by atoms with E-state index in [1.165, 1.54) is 5.56 Å². The first kappa shape index (κ1) is 19.1. The van der Waals surface area contributed by atoms with Gasteiger partial charge in [0.15, 0.2) is 5.82 Å². The maximum atomic E-state index is 12.9. The Kier molecular flexibility index (Phi) is 5.30. The quantitative estimate of drug-likeness (QED) is 0.682. The summed E-state index contributed by atoms with van der Waals surface area (Å²) in [5.41, 5.74) is 5.25. The summed E-state index contributed by atoms with van der Waals surface area (Å²) in [6.07, 6.45) is 1.81. The Labute approximate surface area is 172 Å². The van der Waals surface area contributed by atoms with Crippen LogP contribution in [0.15, 0.2) is 54.7 Å². The predicted octanol–water partition coefficient (Wildman–Crippen LogP) is 4.03. The first-order chi connectivity index (χ1) is 14.0. The number of hydrogen-bond donors (Lipinski definition) is 0. The summed E-state index contributed by atoms with van der Waals surface area (Å²) >= 11 is 0. The van der Waals surface area contributed by atoms with Crippen molar-refractivity contribution in [3.8, 4) is 11.4 Å². The van der Waals surface area contributed by atoms with Crippen molar-refractivity contribution in [2.75, 3.05) is 31.1 Å². The van der Waals surface area contributed by atoms with Gasteiger partial charge in [0.05, 0.1) is 0 Å². The molecule has 0 aliphatic carbocycles. The number of anilines is 1. The molecule has 148 valence electrons. The van der Waals surface area contributed by atoms with Gasteiger partial charge in [-0.25, -0.2) is 9.97 Å². The molecule has 0 unspecified atom stereocenters. The molecule has 0 saturated carbocycles. The molecule has 2 heterocycles. The van der Waals surface area contributed by atoms with Crippen molar-refractivity contribution in [3.63, 3.8) is 0 Å². The lowest BCUT2D eigenvalue weighted by Crippen LogP contribution is -2.49. The smallest absolute Gasteiger partial charge is 0.253 e. The van der Waals surface area contributed by atoms with Gasteiger partial charge in [0.25, 0.3) is 5.91 Å². The van der Waals surface area contributed by atoms with E-state index >= 15 is 0 Å². The number of aromatic nitrogens is 2. The lowest BCUT2D eigenvalue weighted by Gasteiger charge is -2.35. The van der Waals surface area contributed by atoms with E-state index in [0.29, 0.717) is 13.1 Å². The van der Waals surface area contributed by atoms with Gasteiger partial charge in [-0.1, -0.05) is 47.0 Å². The molecule has 1 aliphatic rings. The standard InChI is InChI=1S/C24H26N4O/c1-17-4-6-20(7-5-17)23-25-9-8-22(26-23)27-10-12-28(13-11-27)24(29)21-15-18(2)14-19(3)16-21/h4-9,14-16H,10-13H2,1-3H3. The van der Waals surface area contributed by atoms with Crippen LogP contribution in [0.3, 0.4) is 0 Å². The van der Waals surface area contributed by atoms with Crippen LogP contribution in [-0.4, -0.2) is 47.0 Å². The van der Waals surface area contributed by atoms with E-state index in [0.717, 1.165) is 47.0 Å². The summed E-state index contributed by atoms with van der Waals surface area (Å²) in [5.74, 6) is 1.75. The first-order valence-corrected chi connectivity index (χ1v) is 10.0. The largest absolute Gasteiger partial charge is 0.353 e. The highest BCUT2D eigenvalue weighted by Crippen LogP contribution is 2.21. The molecule has 0 N–H and O–H groups in total. The molecule has 2 aromatic carbocycles. The van der Waals surface area contributed by atoms with Crippen molar-refractivity contribution in [2.45, 2.75) is 20.8 Å². The van der Waals surface area contributed by atoms with Crippen LogP contribution >= 0.6 is 0 Å². The number of piperazine rings is 1. The molecule has 0 spiro atoms. The fourth-order valence-electron chi connectivity index (χ4n) is 3.79. The number of aryl methyl sites for hydroxylation is 3. The highest BCUT2D eigenvalue weighted by molar-refractivity contribution is 5.94. The van der Waals surface area contributed by atoms with Gasteiger partial charge >= 0.3 is 0 Å². The fraction of sp³-hybridized carbons (Fsp3) is 0.292. The summed E-state index contributed by atoms with van der Waals surface area (Å²) in [5, 5.41) is 0. The van der Waals surface area contributed by atoms with E-state index in [9.17, 15) is 4.79 Å². The average molecular weight is 386 g/mol. The number of amides is 1. The zero-order chi connectivity index (χ0) is 20.4. The second-order valence-corrected chi connectivity index (χ2v) is 7.76. The van der Waals surface area contributed by atoms with Gasteiger partial charge in [-0.2, -0.15) is 0 Å². The zero-order valence-electron chi connectivity index (χ0n) is 17.2. The van der Waals surface area contributed by atoms with Crippen molar-refractivity contribution in [1.82, 2.24) is 14.9 Å². The second-order valence-electron chi connectivity index (χ2n) is 7.76. The Bertz CT molecular complexity index is 1000. The molecule has 5 heteroatoms. The molecule has 0 atom stereocenters. The van der Waals surface area contributed by atoms with Crippen molar-refractivity contribution in [1.29, 1.82) is 0 Å². The molecule has 3 aromatic rings. The average Bonchev–Trinajstić information content (AvgIpc) is 2.73. The van der Waals surface area contributed by atoms with Crippen molar-refractivity contribution < 1.29 is 4.79 Å². The Morgan fingerprint density at radius 2 is 1.48 bits per heavy atom. The lowest BCUT2D eigenvalue weighted by molar-refractivity contribution is 0.0746. The molecule has 5 nitrogen and oxygen atoms in total. The number of nitrogens with zero attached hydrogens (tertiary/aromatic N) is 4. The topological polar surface area (TPSA) is 49.3 Å². The van der Waals surface area contributed by atoms with Crippen molar-refractivity contribution >= 4 is 11.7 Å². The number of benzene rings is 2. The van der Waals surface area contributed by atoms with Crippen LogP contribution in [0, 0.1) is 20.8 Å². The molecule has 1 aromatic heterocycles. The number of carbonyl (C=O) groups is 1. The zero-order valence-corrected chi connectivity index (χ0v) is 17.2. The number of carbonyl (C=O) groups excluding carboxylic acids is 1. The fourth-order valence-corrected chi connectivity index (χ4v) is 3.79. The normalized spacial score (nSPS) is 14.2. The third-order valence-electron chi connectivity index (χ3n) is 5.31. The van der Waals surface area contributed by atoms with Crippen LogP contribution in [-0.2, 0) is 0 Å². The molecular formula is C24H26N4O. The third kappa shape index (κ3) is 4.29. The van der Waals surface area contributed by atoms with E-state index in [2.05, 4.69) is 47.1 Å². The van der Waals surface area contributed by atoms with Gasteiger partial charge in [0.2, 0.25) is 0 Å². The van der Waals surface area contributed by atoms with Gasteiger partial charge in [0, 0.05) is 43.5 Å². The van der Waals surface area contributed by atoms with Crippen LogP contribution in [0.25, 0.3) is 11.4 Å². The van der Waals surface area contributed by atoms with E-state index in [-0.39, 0.29) is 5.91 Å². The van der Waals surface area contributed by atoms with Crippen LogP contribution in [0.1, 0.15) is 27.0 Å². The highest BCUT2D eigenvalue weighted by atomic mass is 16.2. The minimum atomic E-state index is 0.111. The van der Waals surface area contributed by atoms with Crippen molar-refractivity contribution in [3.05, 3.63) is 77.0 Å². The summed E-state index contributed by atoms with van der Waals surface area (Å²) in [6.45, 7) is 9.04. The van der Waals surface area contributed by atoms with Crippen LogP contribution in [0.4, 0.5) is 5.82 Å². The van der Waals surface area contributed by atoms with Gasteiger partial charge in [-0.3, -0.25) is 4.79 Å². The van der Waals surface area contributed by atoms with E-state index in [1.54, 1.807) is 0 Å². The monoisotopic (exact) mass is 386 g/mol. The maximum absolute atomic E-state index is 12.9. The SMILES string of the molecule is Cc1ccc(-c2nccc(N3CCN(C(=O)c4cc(C)cc(C)c4)CC3)n2)cc1. The Balaban J connectivity index is 1.45. The third-order valence-corrected chi connectivity index (χ3v) is 5.31. The van der Waals surface area contributed by atoms with E-state index < -0.39 is 0 Å². The maximum Gasteiger partial charge on any atom is 0.253 e. The Morgan fingerprint density at radius 1 is 0.828 bits per heavy atom. The van der Waals surface area contributed by atoms with Gasteiger partial charge < -0.3 is 9.80 Å². The van der Waals surface area contributed by atoms with Gasteiger partial charge in [0.1, 0.15) is 5.82 Å². The predicted molar refractivity (Wildman–Crippen MR) is 116 cm³/mol. The molecule has 4 rings (SSSR count). The Hall–Kier alpha value is -3.21. The summed E-state index contributed by atoms with van der Waals surface area (Å²) in [6, 6.07) is 16.2. The summed E-state index contributed by atoms with van der Waals surface area (Å²) in [4.78, 5) is 26.2.